The van der Waals surface area contributed by atoms with Gasteiger partial charge in [0.2, 0.25) is 0 Å². The number of aromatic nitrogens is 5. The maximum absolute atomic E-state index is 4.68. The molecule has 0 atom stereocenters. The van der Waals surface area contributed by atoms with Crippen LogP contribution in [0.3, 0.4) is 0 Å². The Morgan fingerprint density at radius 2 is 1.82 bits per heavy atom. The van der Waals surface area contributed by atoms with Crippen LogP contribution in [0.5, 0.6) is 0 Å². The van der Waals surface area contributed by atoms with Gasteiger partial charge >= 0.3 is 0 Å². The highest BCUT2D eigenvalue weighted by Gasteiger charge is 2.14. The Morgan fingerprint density at radius 1 is 1.04 bits per heavy atom. The number of benzene rings is 1. The van der Waals surface area contributed by atoms with E-state index in [1.165, 1.54) is 0 Å². The summed E-state index contributed by atoms with van der Waals surface area (Å²) in [5.74, 6) is 2.28. The lowest BCUT2D eigenvalue weighted by Crippen LogP contribution is -2.08. The van der Waals surface area contributed by atoms with E-state index < -0.39 is 0 Å². The van der Waals surface area contributed by atoms with E-state index in [4.69, 9.17) is 0 Å². The van der Waals surface area contributed by atoms with Crippen LogP contribution in [0.25, 0.3) is 17.2 Å². The molecule has 1 N–H and O–H groups in total. The number of nitrogens with one attached hydrogen (secondary N) is 1. The zero-order chi connectivity index (χ0) is 19.7. The minimum Gasteiger partial charge on any atom is -0.378 e. The van der Waals surface area contributed by atoms with Gasteiger partial charge in [-0.25, -0.2) is 4.98 Å². The minimum absolute atomic E-state index is 0.278. The lowest BCUT2D eigenvalue weighted by molar-refractivity contribution is 0.809. The van der Waals surface area contributed by atoms with E-state index in [0.717, 1.165) is 28.5 Å². The van der Waals surface area contributed by atoms with Gasteiger partial charge in [0.15, 0.2) is 5.82 Å². The van der Waals surface area contributed by atoms with Gasteiger partial charge in [0.1, 0.15) is 5.82 Å². The third-order valence-corrected chi connectivity index (χ3v) is 4.50. The van der Waals surface area contributed by atoms with E-state index in [2.05, 4.69) is 68.4 Å². The maximum Gasteiger partial charge on any atom is 0.254 e. The number of anilines is 3. The average molecular weight is 373 g/mol. The van der Waals surface area contributed by atoms with Crippen molar-refractivity contribution >= 4 is 23.0 Å². The van der Waals surface area contributed by atoms with Gasteiger partial charge in [-0.3, -0.25) is 4.98 Å². The fraction of sp³-hybridized carbons (Fsp3) is 0.238. The van der Waals surface area contributed by atoms with E-state index >= 15 is 0 Å². The highest BCUT2D eigenvalue weighted by molar-refractivity contribution is 5.64. The Kier molecular flexibility index (Phi) is 4.65. The van der Waals surface area contributed by atoms with Crippen molar-refractivity contribution in [3.05, 3.63) is 60.6 Å². The molecule has 3 aromatic heterocycles. The van der Waals surface area contributed by atoms with E-state index in [1.807, 2.05) is 32.3 Å². The highest BCUT2D eigenvalue weighted by Crippen LogP contribution is 2.25. The molecule has 0 saturated carbocycles. The number of rotatable bonds is 5. The van der Waals surface area contributed by atoms with Gasteiger partial charge in [0.25, 0.3) is 5.78 Å². The van der Waals surface area contributed by atoms with Crippen LogP contribution in [0.2, 0.25) is 0 Å². The largest absolute Gasteiger partial charge is 0.378 e. The number of fused-ring (bicyclic) bond motifs is 1. The van der Waals surface area contributed by atoms with Crippen molar-refractivity contribution in [2.24, 2.45) is 0 Å². The summed E-state index contributed by atoms with van der Waals surface area (Å²) in [6.07, 6.45) is 3.49. The second-order valence-electron chi connectivity index (χ2n) is 7.18. The molecule has 0 aliphatic rings. The molecule has 1 aromatic carbocycles. The molecular weight excluding hydrogens is 350 g/mol. The Bertz CT molecular complexity index is 1080. The van der Waals surface area contributed by atoms with Crippen molar-refractivity contribution in [2.45, 2.75) is 19.8 Å². The Hall–Kier alpha value is -3.48. The lowest BCUT2D eigenvalue weighted by Gasteiger charge is -2.14. The summed E-state index contributed by atoms with van der Waals surface area (Å²) in [5.41, 5.74) is 3.95. The zero-order valence-electron chi connectivity index (χ0n) is 16.5. The Labute approximate surface area is 164 Å². The monoisotopic (exact) mass is 373 g/mol. The SMILES string of the molecule is CC(C)c1cc(Nc2ccc(N(C)C)cc2)n2nc(-c3cccnc3)nc2n1. The summed E-state index contributed by atoms with van der Waals surface area (Å²) in [7, 11) is 4.05. The minimum atomic E-state index is 0.278. The van der Waals surface area contributed by atoms with Gasteiger partial charge in [-0.2, -0.15) is 9.50 Å². The first kappa shape index (κ1) is 17.9. The quantitative estimate of drug-likeness (QED) is 0.567. The van der Waals surface area contributed by atoms with Crippen LogP contribution in [0, 0.1) is 0 Å². The second-order valence-corrected chi connectivity index (χ2v) is 7.18. The van der Waals surface area contributed by atoms with Crippen LogP contribution < -0.4 is 10.2 Å². The van der Waals surface area contributed by atoms with Crippen LogP contribution >= 0.6 is 0 Å². The first-order valence-corrected chi connectivity index (χ1v) is 9.24. The van der Waals surface area contributed by atoms with Crippen LogP contribution in [0.4, 0.5) is 17.2 Å². The third-order valence-electron chi connectivity index (χ3n) is 4.50. The topological polar surface area (TPSA) is 71.2 Å². The fourth-order valence-corrected chi connectivity index (χ4v) is 2.88. The van der Waals surface area contributed by atoms with E-state index in [1.54, 1.807) is 16.9 Å². The maximum atomic E-state index is 4.68. The molecule has 0 radical (unpaired) electrons. The second kappa shape index (κ2) is 7.26. The van der Waals surface area contributed by atoms with Crippen LogP contribution in [0.15, 0.2) is 54.9 Å². The van der Waals surface area contributed by atoms with E-state index in [0.29, 0.717) is 11.6 Å². The van der Waals surface area contributed by atoms with Crippen molar-refractivity contribution in [3.63, 3.8) is 0 Å². The molecule has 0 fully saturated rings. The Morgan fingerprint density at radius 3 is 2.46 bits per heavy atom. The predicted molar refractivity (Wildman–Crippen MR) is 112 cm³/mol. The van der Waals surface area contributed by atoms with Crippen molar-refractivity contribution in [3.8, 4) is 11.4 Å². The molecule has 0 aliphatic carbocycles. The number of hydrogen-bond donors (Lipinski definition) is 1. The first-order chi connectivity index (χ1) is 13.5. The summed E-state index contributed by atoms with van der Waals surface area (Å²) >= 11 is 0. The first-order valence-electron chi connectivity index (χ1n) is 9.24. The van der Waals surface area contributed by atoms with Gasteiger partial charge in [-0.05, 0) is 42.3 Å². The van der Waals surface area contributed by atoms with Crippen molar-refractivity contribution < 1.29 is 0 Å². The summed E-state index contributed by atoms with van der Waals surface area (Å²) in [5, 5.41) is 8.12. The average Bonchev–Trinajstić information content (AvgIpc) is 3.13. The predicted octanol–water partition coefficient (Wildman–Crippen LogP) is 4.12. The molecule has 4 aromatic rings. The van der Waals surface area contributed by atoms with Crippen molar-refractivity contribution in [2.75, 3.05) is 24.3 Å². The molecular formula is C21H23N7. The highest BCUT2D eigenvalue weighted by atomic mass is 15.4. The zero-order valence-corrected chi connectivity index (χ0v) is 16.5. The summed E-state index contributed by atoms with van der Waals surface area (Å²) in [6, 6.07) is 14.1. The van der Waals surface area contributed by atoms with Gasteiger partial charge in [-0.1, -0.05) is 13.8 Å². The number of pyridine rings is 1. The molecule has 0 spiro atoms. The fourth-order valence-electron chi connectivity index (χ4n) is 2.88. The third kappa shape index (κ3) is 3.51. The molecule has 0 saturated heterocycles. The molecule has 142 valence electrons. The summed E-state index contributed by atoms with van der Waals surface area (Å²) in [6.45, 7) is 4.24. The summed E-state index contributed by atoms with van der Waals surface area (Å²) in [4.78, 5) is 15.5. The van der Waals surface area contributed by atoms with Crippen LogP contribution in [-0.4, -0.2) is 38.7 Å². The smallest absolute Gasteiger partial charge is 0.254 e. The van der Waals surface area contributed by atoms with Gasteiger partial charge in [-0.15, -0.1) is 5.10 Å². The van der Waals surface area contributed by atoms with Gasteiger partial charge in [0, 0.05) is 49.5 Å². The standard InChI is InChI=1S/C21H23N7/c1-14(2)18-12-19(23-16-7-9-17(10-8-16)27(3)4)28-21(24-18)25-20(26-28)15-6-5-11-22-13-15/h5-14,23H,1-4H3. The van der Waals surface area contributed by atoms with Crippen molar-refractivity contribution in [1.29, 1.82) is 0 Å². The molecule has 7 heteroatoms. The van der Waals surface area contributed by atoms with E-state index in [-0.39, 0.29) is 5.92 Å². The van der Waals surface area contributed by atoms with Crippen LogP contribution in [0.1, 0.15) is 25.5 Å². The molecule has 4 rings (SSSR count). The lowest BCUT2D eigenvalue weighted by atomic mass is 10.1. The van der Waals surface area contributed by atoms with Crippen molar-refractivity contribution in [1.82, 2.24) is 24.6 Å². The molecule has 28 heavy (non-hydrogen) atoms. The Balaban J connectivity index is 1.78. The molecule has 3 heterocycles. The van der Waals surface area contributed by atoms with Gasteiger partial charge < -0.3 is 10.2 Å². The number of nitrogens with zero attached hydrogens (tertiary/aromatic N) is 6. The molecule has 0 bridgehead atoms. The molecule has 0 amide bonds. The normalized spacial score (nSPS) is 11.2. The van der Waals surface area contributed by atoms with E-state index in [9.17, 15) is 0 Å². The molecule has 0 aliphatic heterocycles. The molecule has 7 nitrogen and oxygen atoms in total. The number of hydrogen-bond acceptors (Lipinski definition) is 6. The molecule has 0 unspecified atom stereocenters. The van der Waals surface area contributed by atoms with Crippen LogP contribution in [-0.2, 0) is 0 Å². The van der Waals surface area contributed by atoms with Gasteiger partial charge in [0.05, 0.1) is 5.69 Å². The summed E-state index contributed by atoms with van der Waals surface area (Å²) < 4.78 is 1.74.